The minimum Gasteiger partial charge on any atom is -0.358 e. The molecule has 7 rings (SSSR count). The Morgan fingerprint density at radius 2 is 1.44 bits per heavy atom. The van der Waals surface area contributed by atoms with Gasteiger partial charge in [-0.15, -0.1) is 5.06 Å². The fraction of sp³-hybridized carbons (Fsp3) is 0.302. The van der Waals surface area contributed by atoms with E-state index in [0.717, 1.165) is 19.4 Å². The van der Waals surface area contributed by atoms with Crippen molar-refractivity contribution < 1.29 is 23.8 Å². The van der Waals surface area contributed by atoms with Crippen LogP contribution in [0.3, 0.4) is 0 Å². The molecule has 0 saturated carbocycles. The summed E-state index contributed by atoms with van der Waals surface area (Å²) in [7, 11) is 0. The van der Waals surface area contributed by atoms with Crippen LogP contribution in [0.15, 0.2) is 109 Å². The van der Waals surface area contributed by atoms with Gasteiger partial charge in [-0.05, 0) is 72.0 Å². The molecule has 0 spiro atoms. The second-order valence-electron chi connectivity index (χ2n) is 14.5. The van der Waals surface area contributed by atoms with Gasteiger partial charge in [0.2, 0.25) is 5.69 Å². The van der Waals surface area contributed by atoms with Crippen LogP contribution in [-0.2, 0) is 30.1 Å². The lowest BCUT2D eigenvalue weighted by Crippen LogP contribution is -2.31. The van der Waals surface area contributed by atoms with Gasteiger partial charge in [0.25, 0.3) is 11.8 Å². The van der Waals surface area contributed by atoms with Gasteiger partial charge in [-0.2, -0.15) is 4.58 Å². The summed E-state index contributed by atoms with van der Waals surface area (Å²) in [6, 6.07) is 26.0. The van der Waals surface area contributed by atoms with Gasteiger partial charge in [0, 0.05) is 60.2 Å². The molecule has 4 aromatic rings. The Balaban J connectivity index is 1.08. The molecule has 7 heteroatoms. The molecule has 1 N–H and O–H groups in total. The standard InChI is InChI=1S/C43H43N3O4/c1-42(2)35(44-33-24-22-29-15-10-12-17-31(29)40(33)42)19-7-5-8-20-36-43(3,4)41-32-18-13-11-16-30(32)23-25-34(41)45(36)28-14-6-9-21-39(49)50-46-37(47)26-27-38(46)48/h5,7-8,10-13,15-20,22-25H,6,9,14,21,26-28H2,1-4H3/p+1. The second-order valence-corrected chi connectivity index (χ2v) is 14.5. The molecular weight excluding hydrogens is 622 g/mol. The molecule has 0 bridgehead atoms. The number of nitrogens with zero attached hydrogens (tertiary/aromatic N) is 2. The van der Waals surface area contributed by atoms with E-state index in [0.29, 0.717) is 11.5 Å². The molecular formula is C43H44N3O4+. The van der Waals surface area contributed by atoms with E-state index in [-0.39, 0.29) is 30.1 Å². The summed E-state index contributed by atoms with van der Waals surface area (Å²) in [5.41, 5.74) is 7.07. The minimum atomic E-state index is -0.543. The molecule has 0 aliphatic carbocycles. The van der Waals surface area contributed by atoms with Crippen molar-refractivity contribution in [3.05, 3.63) is 120 Å². The molecule has 3 heterocycles. The normalized spacial score (nSPS) is 18.6. The van der Waals surface area contributed by atoms with Crippen LogP contribution in [0.25, 0.3) is 21.5 Å². The fourth-order valence-electron chi connectivity index (χ4n) is 7.90. The highest BCUT2D eigenvalue weighted by atomic mass is 16.7. The molecule has 2 amide bonds. The van der Waals surface area contributed by atoms with Gasteiger partial charge in [-0.1, -0.05) is 86.7 Å². The van der Waals surface area contributed by atoms with Gasteiger partial charge in [0.15, 0.2) is 5.71 Å². The number of amides is 2. The lowest BCUT2D eigenvalue weighted by molar-refractivity contribution is -0.438. The van der Waals surface area contributed by atoms with Gasteiger partial charge in [-0.25, -0.2) is 4.79 Å². The van der Waals surface area contributed by atoms with Crippen LogP contribution in [0.4, 0.5) is 11.4 Å². The van der Waals surface area contributed by atoms with Crippen LogP contribution in [0.1, 0.15) is 77.3 Å². The zero-order valence-corrected chi connectivity index (χ0v) is 29.3. The smallest absolute Gasteiger partial charge is 0.333 e. The SMILES string of the molecule is CC1(C)C(/C=C/C=C/C=C2/Nc3ccc4ccccc4c3C2(C)C)=[N+](CCCCCC(=O)ON2C(=O)CCC2=O)c2ccc3ccccc3c21. The van der Waals surface area contributed by atoms with Crippen molar-refractivity contribution in [2.45, 2.75) is 77.0 Å². The monoisotopic (exact) mass is 666 g/mol. The Kier molecular flexibility index (Phi) is 8.77. The van der Waals surface area contributed by atoms with Crippen LogP contribution in [0.5, 0.6) is 0 Å². The molecule has 0 atom stereocenters. The number of anilines is 1. The van der Waals surface area contributed by atoms with E-state index in [9.17, 15) is 14.4 Å². The third-order valence-corrected chi connectivity index (χ3v) is 10.5. The number of fused-ring (bicyclic) bond motifs is 6. The molecule has 4 aromatic carbocycles. The lowest BCUT2D eigenvalue weighted by Gasteiger charge is -2.21. The number of hydrogen-bond donors (Lipinski definition) is 1. The number of allylic oxidation sites excluding steroid dienone is 6. The minimum absolute atomic E-state index is 0.0949. The Labute approximate surface area is 293 Å². The predicted molar refractivity (Wildman–Crippen MR) is 199 cm³/mol. The van der Waals surface area contributed by atoms with Crippen LogP contribution in [0.2, 0.25) is 0 Å². The number of hydrogen-bond acceptors (Lipinski definition) is 5. The third-order valence-electron chi connectivity index (χ3n) is 10.5. The summed E-state index contributed by atoms with van der Waals surface area (Å²) in [5, 5.41) is 9.33. The van der Waals surface area contributed by atoms with Crippen LogP contribution in [0, 0.1) is 0 Å². The van der Waals surface area contributed by atoms with E-state index in [1.54, 1.807) is 0 Å². The quantitative estimate of drug-likeness (QED) is 0.0792. The van der Waals surface area contributed by atoms with Gasteiger partial charge in [0.1, 0.15) is 6.54 Å². The van der Waals surface area contributed by atoms with Gasteiger partial charge >= 0.3 is 5.97 Å². The summed E-state index contributed by atoms with van der Waals surface area (Å²) >= 11 is 0. The maximum Gasteiger partial charge on any atom is 0.333 e. The van der Waals surface area contributed by atoms with E-state index < -0.39 is 17.8 Å². The molecule has 3 aliphatic rings. The molecule has 50 heavy (non-hydrogen) atoms. The number of nitrogens with one attached hydrogen (secondary N) is 1. The first-order valence-electron chi connectivity index (χ1n) is 17.7. The van der Waals surface area contributed by atoms with E-state index in [1.807, 2.05) is 0 Å². The van der Waals surface area contributed by atoms with E-state index in [1.165, 1.54) is 55.5 Å². The summed E-state index contributed by atoms with van der Waals surface area (Å²) in [5.74, 6) is -1.45. The Bertz CT molecular complexity index is 2150. The largest absolute Gasteiger partial charge is 0.358 e. The van der Waals surface area contributed by atoms with Crippen molar-refractivity contribution in [3.8, 4) is 0 Å². The maximum absolute atomic E-state index is 12.3. The lowest BCUT2D eigenvalue weighted by atomic mass is 9.79. The fourth-order valence-corrected chi connectivity index (χ4v) is 7.90. The Morgan fingerprint density at radius 3 is 2.16 bits per heavy atom. The first-order valence-corrected chi connectivity index (χ1v) is 17.7. The van der Waals surface area contributed by atoms with Crippen LogP contribution < -0.4 is 5.32 Å². The third kappa shape index (κ3) is 5.95. The van der Waals surface area contributed by atoms with Crippen molar-refractivity contribution in [2.24, 2.45) is 0 Å². The Morgan fingerprint density at radius 1 is 0.780 bits per heavy atom. The summed E-state index contributed by atoms with van der Waals surface area (Å²) in [6.07, 6.45) is 13.4. The van der Waals surface area contributed by atoms with Crippen LogP contribution in [-0.4, -0.2) is 39.7 Å². The molecule has 1 fully saturated rings. The highest BCUT2D eigenvalue weighted by Gasteiger charge is 2.45. The Hall–Kier alpha value is -5.30. The highest BCUT2D eigenvalue weighted by molar-refractivity contribution is 6.07. The number of rotatable bonds is 10. The van der Waals surface area contributed by atoms with Crippen molar-refractivity contribution in [2.75, 3.05) is 11.9 Å². The molecule has 1 saturated heterocycles. The second kappa shape index (κ2) is 13.2. The van der Waals surface area contributed by atoms with Crippen molar-refractivity contribution in [1.82, 2.24) is 5.06 Å². The molecule has 3 aliphatic heterocycles. The number of carbonyl (C=O) groups is 3. The summed E-state index contributed by atoms with van der Waals surface area (Å²) < 4.78 is 2.42. The summed E-state index contributed by atoms with van der Waals surface area (Å²) in [6.45, 7) is 9.95. The van der Waals surface area contributed by atoms with E-state index in [4.69, 9.17) is 4.84 Å². The maximum atomic E-state index is 12.3. The predicted octanol–water partition coefficient (Wildman–Crippen LogP) is 8.94. The first kappa shape index (κ1) is 33.2. The number of hydroxylamine groups is 2. The van der Waals surface area contributed by atoms with E-state index >= 15 is 0 Å². The van der Waals surface area contributed by atoms with Gasteiger partial charge < -0.3 is 10.2 Å². The van der Waals surface area contributed by atoms with Crippen molar-refractivity contribution in [1.29, 1.82) is 0 Å². The van der Waals surface area contributed by atoms with Crippen LogP contribution >= 0.6 is 0 Å². The van der Waals surface area contributed by atoms with Gasteiger partial charge in [0.05, 0.1) is 5.41 Å². The summed E-state index contributed by atoms with van der Waals surface area (Å²) in [4.78, 5) is 41.0. The zero-order chi connectivity index (χ0) is 35.0. The number of benzene rings is 4. The van der Waals surface area contributed by atoms with Crippen molar-refractivity contribution >= 4 is 56.4 Å². The molecule has 0 unspecified atom stereocenters. The molecule has 0 radical (unpaired) electrons. The average Bonchev–Trinajstić information content (AvgIpc) is 3.64. The number of unbranched alkanes of at least 4 members (excludes halogenated alkanes) is 2. The molecule has 0 aromatic heterocycles. The van der Waals surface area contributed by atoms with Gasteiger partial charge in [-0.3, -0.25) is 9.59 Å². The molecule has 254 valence electrons. The topological polar surface area (TPSA) is 78.7 Å². The first-order chi connectivity index (χ1) is 24.1. The van der Waals surface area contributed by atoms with E-state index in [2.05, 4.69) is 141 Å². The molecule has 7 nitrogen and oxygen atoms in total. The van der Waals surface area contributed by atoms with Crippen molar-refractivity contribution in [3.63, 3.8) is 0 Å². The number of carbonyl (C=O) groups excluding carboxylic acids is 3. The zero-order valence-electron chi connectivity index (χ0n) is 29.3. The number of imide groups is 1. The highest BCUT2D eigenvalue weighted by Crippen LogP contribution is 2.47. The average molecular weight is 667 g/mol.